The van der Waals surface area contributed by atoms with E-state index in [2.05, 4.69) is 10.6 Å². The van der Waals surface area contributed by atoms with Crippen LogP contribution in [-0.2, 0) is 9.59 Å². The van der Waals surface area contributed by atoms with Gasteiger partial charge in [0.15, 0.2) is 24.8 Å². The Labute approximate surface area is 196 Å². The van der Waals surface area contributed by atoms with Crippen LogP contribution in [-0.4, -0.2) is 25.0 Å². The maximum atomic E-state index is 13.8. The van der Waals surface area contributed by atoms with E-state index in [9.17, 15) is 14.0 Å². The molecule has 8 heteroatoms. The molecule has 2 amide bonds. The van der Waals surface area contributed by atoms with E-state index < -0.39 is 18.3 Å². The summed E-state index contributed by atoms with van der Waals surface area (Å²) in [5, 5.41) is 5.43. The molecule has 0 fully saturated rings. The van der Waals surface area contributed by atoms with Crippen LogP contribution in [0.2, 0.25) is 5.02 Å². The molecule has 3 rings (SSSR count). The SMILES string of the molecule is CC(C)c1ccccc1OCC(=O)Nc1ccccc1NC(=O)COc1c(F)cccc1Cl. The van der Waals surface area contributed by atoms with Crippen molar-refractivity contribution in [2.45, 2.75) is 19.8 Å². The lowest BCUT2D eigenvalue weighted by Crippen LogP contribution is -2.24. The van der Waals surface area contributed by atoms with Gasteiger partial charge in [0.05, 0.1) is 16.4 Å². The Morgan fingerprint density at radius 1 is 0.848 bits per heavy atom. The Morgan fingerprint density at radius 2 is 1.42 bits per heavy atom. The number of carbonyl (C=O) groups is 2. The van der Waals surface area contributed by atoms with Crippen LogP contribution in [0.5, 0.6) is 11.5 Å². The maximum Gasteiger partial charge on any atom is 0.262 e. The van der Waals surface area contributed by atoms with Crippen LogP contribution in [0.3, 0.4) is 0 Å². The standard InChI is InChI=1S/C25H24ClFN2O4/c1-16(2)17-8-3-6-13-22(17)32-14-23(30)28-20-11-4-5-12-21(20)29-24(31)15-33-25-18(26)9-7-10-19(25)27/h3-13,16H,14-15H2,1-2H3,(H,28,30)(H,29,31). The van der Waals surface area contributed by atoms with Crippen molar-refractivity contribution < 1.29 is 23.5 Å². The Kier molecular flexibility index (Phi) is 8.27. The molecule has 0 aliphatic rings. The topological polar surface area (TPSA) is 76.7 Å². The minimum absolute atomic E-state index is 0.0644. The van der Waals surface area contributed by atoms with Crippen molar-refractivity contribution in [3.63, 3.8) is 0 Å². The number of rotatable bonds is 9. The fraction of sp³-hybridized carbons (Fsp3) is 0.200. The highest BCUT2D eigenvalue weighted by Crippen LogP contribution is 2.28. The van der Waals surface area contributed by atoms with Gasteiger partial charge in [-0.2, -0.15) is 0 Å². The molecule has 6 nitrogen and oxygen atoms in total. The first-order chi connectivity index (χ1) is 15.8. The first-order valence-electron chi connectivity index (χ1n) is 10.3. The summed E-state index contributed by atoms with van der Waals surface area (Å²) in [6.45, 7) is 3.44. The van der Waals surface area contributed by atoms with E-state index in [1.54, 1.807) is 24.3 Å². The number of nitrogens with one attached hydrogen (secondary N) is 2. The average molecular weight is 471 g/mol. The molecular weight excluding hydrogens is 447 g/mol. The van der Waals surface area contributed by atoms with Crippen molar-refractivity contribution in [3.05, 3.63) is 83.1 Å². The Morgan fingerprint density at radius 3 is 2.03 bits per heavy atom. The summed E-state index contributed by atoms with van der Waals surface area (Å²) in [7, 11) is 0. The minimum atomic E-state index is -0.665. The van der Waals surface area contributed by atoms with Gasteiger partial charge in [-0.3, -0.25) is 9.59 Å². The highest BCUT2D eigenvalue weighted by Gasteiger charge is 2.14. The van der Waals surface area contributed by atoms with E-state index in [0.29, 0.717) is 17.1 Å². The Bertz CT molecular complexity index is 1120. The van der Waals surface area contributed by atoms with Crippen LogP contribution in [0.4, 0.5) is 15.8 Å². The third-order valence-electron chi connectivity index (χ3n) is 4.64. The highest BCUT2D eigenvalue weighted by atomic mass is 35.5. The van der Waals surface area contributed by atoms with Crippen molar-refractivity contribution in [1.29, 1.82) is 0 Å². The van der Waals surface area contributed by atoms with Crippen LogP contribution in [0.25, 0.3) is 0 Å². The summed E-state index contributed by atoms with van der Waals surface area (Å²) in [5.74, 6) is -0.894. The van der Waals surface area contributed by atoms with Gasteiger partial charge in [-0.05, 0) is 41.8 Å². The predicted molar refractivity (Wildman–Crippen MR) is 127 cm³/mol. The average Bonchev–Trinajstić information content (AvgIpc) is 2.79. The molecule has 0 atom stereocenters. The molecule has 0 aliphatic heterocycles. The van der Waals surface area contributed by atoms with Crippen molar-refractivity contribution in [3.8, 4) is 11.5 Å². The van der Waals surface area contributed by atoms with Crippen LogP contribution in [0, 0.1) is 5.82 Å². The molecule has 0 radical (unpaired) electrons. The second-order valence-corrected chi connectivity index (χ2v) is 7.87. The fourth-order valence-electron chi connectivity index (χ4n) is 3.06. The Hall–Kier alpha value is -3.58. The molecule has 3 aromatic carbocycles. The number of para-hydroxylation sites is 4. The monoisotopic (exact) mass is 470 g/mol. The molecule has 0 aliphatic carbocycles. The van der Waals surface area contributed by atoms with E-state index in [1.807, 2.05) is 38.1 Å². The Balaban J connectivity index is 1.58. The zero-order chi connectivity index (χ0) is 23.8. The molecule has 33 heavy (non-hydrogen) atoms. The normalized spacial score (nSPS) is 10.6. The fourth-order valence-corrected chi connectivity index (χ4v) is 3.28. The largest absolute Gasteiger partial charge is 0.483 e. The van der Waals surface area contributed by atoms with E-state index in [1.165, 1.54) is 18.2 Å². The molecule has 2 N–H and O–H groups in total. The molecule has 0 saturated heterocycles. The molecular formula is C25H24ClFN2O4. The maximum absolute atomic E-state index is 13.8. The van der Waals surface area contributed by atoms with Crippen LogP contribution >= 0.6 is 11.6 Å². The van der Waals surface area contributed by atoms with Crippen LogP contribution in [0.15, 0.2) is 66.7 Å². The first-order valence-corrected chi connectivity index (χ1v) is 10.7. The van der Waals surface area contributed by atoms with Gasteiger partial charge >= 0.3 is 0 Å². The number of hydrogen-bond acceptors (Lipinski definition) is 4. The van der Waals surface area contributed by atoms with E-state index in [-0.39, 0.29) is 29.2 Å². The number of hydrogen-bond donors (Lipinski definition) is 2. The zero-order valence-corrected chi connectivity index (χ0v) is 19.0. The van der Waals surface area contributed by atoms with Crippen molar-refractivity contribution in [2.24, 2.45) is 0 Å². The molecule has 0 spiro atoms. The molecule has 3 aromatic rings. The van der Waals surface area contributed by atoms with Crippen molar-refractivity contribution >= 4 is 34.8 Å². The lowest BCUT2D eigenvalue weighted by atomic mass is 10.0. The number of amides is 2. The van der Waals surface area contributed by atoms with E-state index in [0.717, 1.165) is 5.56 Å². The van der Waals surface area contributed by atoms with Crippen LogP contribution in [0.1, 0.15) is 25.3 Å². The summed E-state index contributed by atoms with van der Waals surface area (Å²) < 4.78 is 24.7. The van der Waals surface area contributed by atoms with Gasteiger partial charge in [0.2, 0.25) is 0 Å². The number of halogens is 2. The van der Waals surface area contributed by atoms with Crippen LogP contribution < -0.4 is 20.1 Å². The van der Waals surface area contributed by atoms with Crippen molar-refractivity contribution in [1.82, 2.24) is 0 Å². The van der Waals surface area contributed by atoms with Gasteiger partial charge in [-0.25, -0.2) is 4.39 Å². The quantitative estimate of drug-likeness (QED) is 0.424. The van der Waals surface area contributed by atoms with Crippen molar-refractivity contribution in [2.75, 3.05) is 23.8 Å². The summed E-state index contributed by atoms with van der Waals surface area (Å²) in [6, 6.07) is 18.3. The highest BCUT2D eigenvalue weighted by molar-refractivity contribution is 6.32. The molecule has 0 saturated carbocycles. The smallest absolute Gasteiger partial charge is 0.262 e. The lowest BCUT2D eigenvalue weighted by molar-refractivity contribution is -0.119. The molecule has 0 heterocycles. The molecule has 0 bridgehead atoms. The first kappa shape index (κ1) is 24.1. The zero-order valence-electron chi connectivity index (χ0n) is 18.2. The van der Waals surface area contributed by atoms with Gasteiger partial charge in [-0.1, -0.05) is 61.8 Å². The van der Waals surface area contributed by atoms with Gasteiger partial charge in [0, 0.05) is 0 Å². The number of carbonyl (C=O) groups excluding carboxylic acids is 2. The van der Waals surface area contributed by atoms with Gasteiger partial charge in [0.1, 0.15) is 5.75 Å². The molecule has 0 aromatic heterocycles. The molecule has 0 unspecified atom stereocenters. The van der Waals surface area contributed by atoms with Gasteiger partial charge in [-0.15, -0.1) is 0 Å². The minimum Gasteiger partial charge on any atom is -0.483 e. The third kappa shape index (κ3) is 6.70. The van der Waals surface area contributed by atoms with E-state index in [4.69, 9.17) is 21.1 Å². The summed E-state index contributed by atoms with van der Waals surface area (Å²) >= 11 is 5.90. The van der Waals surface area contributed by atoms with E-state index >= 15 is 0 Å². The van der Waals surface area contributed by atoms with Gasteiger partial charge < -0.3 is 20.1 Å². The third-order valence-corrected chi connectivity index (χ3v) is 4.94. The number of benzene rings is 3. The van der Waals surface area contributed by atoms with Gasteiger partial charge in [0.25, 0.3) is 11.8 Å². The summed E-state index contributed by atoms with van der Waals surface area (Å²) in [6.07, 6.45) is 0. The second kappa shape index (κ2) is 11.3. The molecule has 172 valence electrons. The summed E-state index contributed by atoms with van der Waals surface area (Å²) in [5.41, 5.74) is 1.76. The summed E-state index contributed by atoms with van der Waals surface area (Å²) in [4.78, 5) is 24.8. The number of ether oxygens (including phenoxy) is 2. The predicted octanol–water partition coefficient (Wildman–Crippen LogP) is 5.64. The second-order valence-electron chi connectivity index (χ2n) is 7.46. The number of anilines is 2. The lowest BCUT2D eigenvalue weighted by Gasteiger charge is -2.15.